The van der Waals surface area contributed by atoms with Crippen LogP contribution in [-0.4, -0.2) is 17.0 Å². The average Bonchev–Trinajstić information content (AvgIpc) is 3.09. The minimum absolute atomic E-state index is 0.240. The molecule has 2 aromatic carbocycles. The SMILES string of the molecule is O=C(Nc1nc2ccc(F)cc2s1)[C@H]1Cc2ccccc2O1. The number of halogens is 1. The van der Waals surface area contributed by atoms with Gasteiger partial charge < -0.3 is 4.74 Å². The van der Waals surface area contributed by atoms with Gasteiger partial charge in [-0.1, -0.05) is 29.5 Å². The zero-order valence-electron chi connectivity index (χ0n) is 11.4. The van der Waals surface area contributed by atoms with Crippen LogP contribution >= 0.6 is 11.3 Å². The topological polar surface area (TPSA) is 51.2 Å². The molecule has 1 aromatic heterocycles. The summed E-state index contributed by atoms with van der Waals surface area (Å²) in [7, 11) is 0. The first-order valence-electron chi connectivity index (χ1n) is 6.80. The third-order valence-corrected chi connectivity index (χ3v) is 4.45. The molecule has 0 radical (unpaired) electrons. The molecule has 0 aliphatic carbocycles. The first-order chi connectivity index (χ1) is 10.7. The van der Waals surface area contributed by atoms with Crippen LogP contribution in [0.3, 0.4) is 0 Å². The van der Waals surface area contributed by atoms with Crippen molar-refractivity contribution in [3.63, 3.8) is 0 Å². The summed E-state index contributed by atoms with van der Waals surface area (Å²) >= 11 is 1.24. The fourth-order valence-corrected chi connectivity index (χ4v) is 3.36. The Morgan fingerprint density at radius 1 is 1.32 bits per heavy atom. The molecule has 1 aliphatic heterocycles. The van der Waals surface area contributed by atoms with Crippen molar-refractivity contribution in [2.75, 3.05) is 5.32 Å². The van der Waals surface area contributed by atoms with E-state index in [1.165, 1.54) is 23.5 Å². The summed E-state index contributed by atoms with van der Waals surface area (Å²) in [4.78, 5) is 16.6. The lowest BCUT2D eigenvalue weighted by molar-refractivity contribution is -0.122. The molecule has 6 heteroatoms. The predicted octanol–water partition coefficient (Wildman–Crippen LogP) is 3.38. The lowest BCUT2D eigenvalue weighted by atomic mass is 10.1. The van der Waals surface area contributed by atoms with Gasteiger partial charge in [0.05, 0.1) is 10.2 Å². The molecular weight excluding hydrogens is 303 g/mol. The Labute approximate surface area is 129 Å². The van der Waals surface area contributed by atoms with Crippen molar-refractivity contribution in [3.8, 4) is 5.75 Å². The van der Waals surface area contributed by atoms with E-state index in [0.717, 1.165) is 11.3 Å². The number of hydrogen-bond acceptors (Lipinski definition) is 4. The molecule has 0 unspecified atom stereocenters. The number of nitrogens with one attached hydrogen (secondary N) is 1. The van der Waals surface area contributed by atoms with Gasteiger partial charge >= 0.3 is 0 Å². The first kappa shape index (κ1) is 13.2. The van der Waals surface area contributed by atoms with Crippen molar-refractivity contribution >= 4 is 32.6 Å². The number of aromatic nitrogens is 1. The Balaban J connectivity index is 1.52. The van der Waals surface area contributed by atoms with Crippen molar-refractivity contribution in [2.45, 2.75) is 12.5 Å². The highest BCUT2D eigenvalue weighted by Gasteiger charge is 2.29. The van der Waals surface area contributed by atoms with Gasteiger partial charge in [-0.05, 0) is 29.8 Å². The summed E-state index contributed by atoms with van der Waals surface area (Å²) in [5.41, 5.74) is 1.69. The normalized spacial score (nSPS) is 16.3. The van der Waals surface area contributed by atoms with Crippen LogP contribution in [0, 0.1) is 5.82 Å². The van der Waals surface area contributed by atoms with E-state index < -0.39 is 6.10 Å². The van der Waals surface area contributed by atoms with E-state index in [-0.39, 0.29) is 11.7 Å². The third kappa shape index (κ3) is 2.31. The highest BCUT2D eigenvalue weighted by Crippen LogP contribution is 2.30. The number of benzene rings is 2. The maximum Gasteiger partial charge on any atom is 0.267 e. The van der Waals surface area contributed by atoms with Crippen LogP contribution in [0.2, 0.25) is 0 Å². The van der Waals surface area contributed by atoms with Crippen LogP contribution in [0.25, 0.3) is 10.2 Å². The van der Waals surface area contributed by atoms with Crippen LogP contribution in [0.4, 0.5) is 9.52 Å². The molecule has 3 aromatic rings. The van der Waals surface area contributed by atoms with Crippen LogP contribution < -0.4 is 10.1 Å². The maximum absolute atomic E-state index is 13.2. The monoisotopic (exact) mass is 314 g/mol. The summed E-state index contributed by atoms with van der Waals surface area (Å²) in [6, 6.07) is 12.0. The second-order valence-corrected chi connectivity index (χ2v) is 6.07. The molecule has 0 saturated carbocycles. The third-order valence-electron chi connectivity index (χ3n) is 3.52. The first-order valence-corrected chi connectivity index (χ1v) is 7.62. The molecule has 1 atom stereocenters. The summed E-state index contributed by atoms with van der Waals surface area (Å²) < 4.78 is 19.5. The summed E-state index contributed by atoms with van der Waals surface area (Å²) in [6.45, 7) is 0. The smallest absolute Gasteiger partial charge is 0.267 e. The lowest BCUT2D eigenvalue weighted by Crippen LogP contribution is -2.31. The summed E-state index contributed by atoms with van der Waals surface area (Å²) in [5, 5.41) is 3.20. The summed E-state index contributed by atoms with van der Waals surface area (Å²) in [6.07, 6.45) is -0.0113. The molecule has 0 spiro atoms. The Morgan fingerprint density at radius 2 is 2.18 bits per heavy atom. The van der Waals surface area contributed by atoms with Gasteiger partial charge in [-0.2, -0.15) is 0 Å². The number of carbonyl (C=O) groups excluding carboxylic acids is 1. The van der Waals surface area contributed by atoms with Gasteiger partial charge in [0, 0.05) is 6.42 Å². The van der Waals surface area contributed by atoms with Crippen molar-refractivity contribution < 1.29 is 13.9 Å². The van der Waals surface area contributed by atoms with E-state index in [1.54, 1.807) is 6.07 Å². The molecule has 0 fully saturated rings. The van der Waals surface area contributed by atoms with Gasteiger partial charge in [0.25, 0.3) is 5.91 Å². The molecular formula is C16H11FN2O2S. The van der Waals surface area contributed by atoms with Gasteiger partial charge in [-0.15, -0.1) is 0 Å². The number of thiazole rings is 1. The fourth-order valence-electron chi connectivity index (χ4n) is 2.47. The van der Waals surface area contributed by atoms with Gasteiger partial charge in [0.2, 0.25) is 0 Å². The van der Waals surface area contributed by atoms with Crippen LogP contribution in [0.15, 0.2) is 42.5 Å². The zero-order chi connectivity index (χ0) is 15.1. The molecule has 22 heavy (non-hydrogen) atoms. The average molecular weight is 314 g/mol. The molecule has 2 heterocycles. The zero-order valence-corrected chi connectivity index (χ0v) is 12.2. The molecule has 0 saturated heterocycles. The Morgan fingerprint density at radius 3 is 3.05 bits per heavy atom. The number of hydrogen-bond donors (Lipinski definition) is 1. The number of amides is 1. The van der Waals surface area contributed by atoms with Gasteiger partial charge in [0.1, 0.15) is 11.6 Å². The van der Waals surface area contributed by atoms with Gasteiger partial charge in [-0.3, -0.25) is 10.1 Å². The van der Waals surface area contributed by atoms with Crippen molar-refractivity contribution in [1.29, 1.82) is 0 Å². The quantitative estimate of drug-likeness (QED) is 0.789. The maximum atomic E-state index is 13.2. The second-order valence-electron chi connectivity index (χ2n) is 5.04. The minimum atomic E-state index is -0.554. The van der Waals surface area contributed by atoms with Gasteiger partial charge in [-0.25, -0.2) is 9.37 Å². The number of anilines is 1. The number of rotatable bonds is 2. The molecule has 1 aliphatic rings. The number of fused-ring (bicyclic) bond motifs is 2. The molecule has 4 nitrogen and oxygen atoms in total. The van der Waals surface area contributed by atoms with E-state index in [9.17, 15) is 9.18 Å². The number of carbonyl (C=O) groups is 1. The minimum Gasteiger partial charge on any atom is -0.480 e. The van der Waals surface area contributed by atoms with Crippen LogP contribution in [-0.2, 0) is 11.2 Å². The second kappa shape index (κ2) is 5.06. The van der Waals surface area contributed by atoms with Crippen LogP contribution in [0.1, 0.15) is 5.56 Å². The van der Waals surface area contributed by atoms with Crippen LogP contribution in [0.5, 0.6) is 5.75 Å². The van der Waals surface area contributed by atoms with Gasteiger partial charge in [0.15, 0.2) is 11.2 Å². The molecule has 4 rings (SSSR count). The van der Waals surface area contributed by atoms with Crippen molar-refractivity contribution in [3.05, 3.63) is 53.8 Å². The molecule has 110 valence electrons. The highest BCUT2D eigenvalue weighted by molar-refractivity contribution is 7.22. The predicted molar refractivity (Wildman–Crippen MR) is 82.8 cm³/mol. The van der Waals surface area contributed by atoms with E-state index in [2.05, 4.69) is 10.3 Å². The summed E-state index contributed by atoms with van der Waals surface area (Å²) in [5.74, 6) is 0.188. The molecule has 0 bridgehead atoms. The van der Waals surface area contributed by atoms with E-state index in [1.807, 2.05) is 24.3 Å². The van der Waals surface area contributed by atoms with E-state index >= 15 is 0 Å². The molecule has 1 N–H and O–H groups in total. The van der Waals surface area contributed by atoms with E-state index in [4.69, 9.17) is 4.74 Å². The fraction of sp³-hybridized carbons (Fsp3) is 0.125. The molecule has 1 amide bonds. The Bertz CT molecular complexity index is 852. The Hall–Kier alpha value is -2.47. The van der Waals surface area contributed by atoms with E-state index in [0.29, 0.717) is 21.8 Å². The number of ether oxygens (including phenoxy) is 1. The number of nitrogens with zero attached hydrogens (tertiary/aromatic N) is 1. The highest BCUT2D eigenvalue weighted by atomic mass is 32.1. The Kier molecular flexibility index (Phi) is 3.04. The standard InChI is InChI=1S/C16H11FN2O2S/c17-10-5-6-11-14(8-10)22-16(18-11)19-15(20)13-7-9-3-1-2-4-12(9)21-13/h1-6,8,13H,7H2,(H,18,19,20)/t13-/m1/s1. The lowest BCUT2D eigenvalue weighted by Gasteiger charge is -2.09. The van der Waals surface area contributed by atoms with Crippen molar-refractivity contribution in [2.24, 2.45) is 0 Å². The largest absolute Gasteiger partial charge is 0.480 e. The number of para-hydroxylation sites is 1. The van der Waals surface area contributed by atoms with Crippen molar-refractivity contribution in [1.82, 2.24) is 4.98 Å².